The monoisotopic (exact) mass is 367 g/mol. The van der Waals surface area contributed by atoms with Crippen LogP contribution in [0.4, 0.5) is 0 Å². The smallest absolute Gasteiger partial charge is 0.275 e. The Bertz CT molecular complexity index is 1010. The molecule has 1 heterocycles. The number of benzene rings is 2. The minimum atomic E-state index is -0.712. The maximum Gasteiger partial charge on any atom is 0.275 e. The van der Waals surface area contributed by atoms with E-state index in [2.05, 4.69) is 10.4 Å². The number of methoxy groups -OCH3 is 1. The molecule has 140 valence electrons. The van der Waals surface area contributed by atoms with Crippen molar-refractivity contribution < 1.29 is 14.6 Å². The Labute approximate surface area is 156 Å². The van der Waals surface area contributed by atoms with E-state index < -0.39 is 17.4 Å². The molecular formula is C20H21N3O4. The van der Waals surface area contributed by atoms with Gasteiger partial charge in [0.15, 0.2) is 5.69 Å². The van der Waals surface area contributed by atoms with Crippen molar-refractivity contribution in [2.24, 2.45) is 0 Å². The summed E-state index contributed by atoms with van der Waals surface area (Å²) in [7, 11) is 1.60. The first kappa shape index (κ1) is 18.6. The van der Waals surface area contributed by atoms with Crippen LogP contribution in [0.1, 0.15) is 23.0 Å². The van der Waals surface area contributed by atoms with Gasteiger partial charge in [-0.25, -0.2) is 0 Å². The molecule has 0 spiro atoms. The molecule has 1 aromatic heterocycles. The molecule has 2 N–H and O–H groups in total. The van der Waals surface area contributed by atoms with E-state index in [0.717, 1.165) is 11.3 Å². The Hall–Kier alpha value is -3.19. The van der Waals surface area contributed by atoms with Gasteiger partial charge in [0.25, 0.3) is 5.91 Å². The van der Waals surface area contributed by atoms with Crippen molar-refractivity contribution in [3.05, 3.63) is 70.0 Å². The normalized spacial score (nSPS) is 12.0. The fourth-order valence-corrected chi connectivity index (χ4v) is 2.74. The molecular weight excluding hydrogens is 346 g/mol. The van der Waals surface area contributed by atoms with Gasteiger partial charge in [-0.05, 0) is 36.8 Å². The summed E-state index contributed by atoms with van der Waals surface area (Å²) in [4.78, 5) is 25.1. The molecule has 2 aromatic carbocycles. The lowest BCUT2D eigenvalue weighted by Gasteiger charge is -2.13. The predicted molar refractivity (Wildman–Crippen MR) is 102 cm³/mol. The van der Waals surface area contributed by atoms with Crippen LogP contribution in [0.5, 0.6) is 5.75 Å². The molecule has 3 aromatic rings. The topological polar surface area (TPSA) is 93.5 Å². The number of aliphatic hydroxyl groups excluding tert-OH is 1. The van der Waals surface area contributed by atoms with Crippen molar-refractivity contribution in [2.75, 3.05) is 13.7 Å². The van der Waals surface area contributed by atoms with Crippen LogP contribution in [-0.2, 0) is 6.54 Å². The van der Waals surface area contributed by atoms with Gasteiger partial charge < -0.3 is 15.2 Å². The molecule has 27 heavy (non-hydrogen) atoms. The third kappa shape index (κ3) is 4.15. The van der Waals surface area contributed by atoms with Crippen LogP contribution < -0.4 is 15.5 Å². The molecule has 0 aliphatic carbocycles. The number of amides is 1. The van der Waals surface area contributed by atoms with Crippen LogP contribution in [-0.4, -0.2) is 40.6 Å². The van der Waals surface area contributed by atoms with Gasteiger partial charge in [0.2, 0.25) is 5.43 Å². The lowest BCUT2D eigenvalue weighted by atomic mass is 10.1. The lowest BCUT2D eigenvalue weighted by Crippen LogP contribution is -2.35. The van der Waals surface area contributed by atoms with E-state index in [4.69, 9.17) is 4.74 Å². The second kappa shape index (κ2) is 8.01. The van der Waals surface area contributed by atoms with E-state index in [1.165, 1.54) is 0 Å². The molecule has 0 bridgehead atoms. The second-order valence-electron chi connectivity index (χ2n) is 6.26. The highest BCUT2D eigenvalue weighted by Crippen LogP contribution is 2.15. The Morgan fingerprint density at radius 3 is 2.59 bits per heavy atom. The number of hydrogen-bond donors (Lipinski definition) is 2. The molecule has 7 heteroatoms. The number of hydrogen-bond acceptors (Lipinski definition) is 5. The number of para-hydroxylation sites is 1. The summed E-state index contributed by atoms with van der Waals surface area (Å²) in [5.74, 6) is 0.143. The van der Waals surface area contributed by atoms with Gasteiger partial charge in [0.05, 0.1) is 25.3 Å². The molecule has 0 radical (unpaired) electrons. The zero-order valence-electron chi connectivity index (χ0n) is 15.2. The van der Waals surface area contributed by atoms with E-state index in [9.17, 15) is 14.7 Å². The molecule has 0 saturated heterocycles. The van der Waals surface area contributed by atoms with Crippen molar-refractivity contribution in [3.8, 4) is 5.75 Å². The van der Waals surface area contributed by atoms with Crippen molar-refractivity contribution >= 4 is 16.8 Å². The quantitative estimate of drug-likeness (QED) is 0.690. The minimum Gasteiger partial charge on any atom is -0.497 e. The number of carbonyl (C=O) groups is 1. The van der Waals surface area contributed by atoms with Crippen molar-refractivity contribution in [1.82, 2.24) is 15.1 Å². The molecule has 0 saturated carbocycles. The van der Waals surface area contributed by atoms with E-state index in [-0.39, 0.29) is 12.2 Å². The van der Waals surface area contributed by atoms with Crippen LogP contribution in [0.15, 0.2) is 53.3 Å². The maximum atomic E-state index is 12.7. The highest BCUT2D eigenvalue weighted by molar-refractivity contribution is 5.95. The van der Waals surface area contributed by atoms with E-state index in [1.807, 2.05) is 30.3 Å². The second-order valence-corrected chi connectivity index (χ2v) is 6.26. The third-order valence-electron chi connectivity index (χ3n) is 4.13. The number of nitrogens with zero attached hydrogens (tertiary/aromatic N) is 2. The molecule has 1 amide bonds. The van der Waals surface area contributed by atoms with Crippen LogP contribution in [0.3, 0.4) is 0 Å². The Balaban J connectivity index is 2.03. The van der Waals surface area contributed by atoms with Crippen LogP contribution >= 0.6 is 0 Å². The number of aromatic nitrogens is 2. The first-order chi connectivity index (χ1) is 13.0. The molecule has 3 rings (SSSR count). The summed E-state index contributed by atoms with van der Waals surface area (Å²) in [6.07, 6.45) is -0.712. The highest BCUT2D eigenvalue weighted by Gasteiger charge is 2.17. The standard InChI is InChI=1S/C20H21N3O4/c1-13(24)11-21-20(26)18-19(25)16-5-3-4-6-17(16)23(22-18)12-14-7-9-15(27-2)10-8-14/h3-10,13,24H,11-12H2,1-2H3,(H,21,26). The van der Waals surface area contributed by atoms with Gasteiger partial charge in [-0.2, -0.15) is 5.10 Å². The van der Waals surface area contributed by atoms with Gasteiger partial charge in [-0.1, -0.05) is 24.3 Å². The molecule has 0 fully saturated rings. The fraction of sp³-hybridized carbons (Fsp3) is 0.250. The van der Waals surface area contributed by atoms with Crippen molar-refractivity contribution in [2.45, 2.75) is 19.6 Å². The average molecular weight is 367 g/mol. The van der Waals surface area contributed by atoms with Gasteiger partial charge in [0.1, 0.15) is 5.75 Å². The van der Waals surface area contributed by atoms with Crippen LogP contribution in [0.2, 0.25) is 0 Å². The summed E-state index contributed by atoms with van der Waals surface area (Å²) in [6.45, 7) is 1.99. The number of nitrogens with one attached hydrogen (secondary N) is 1. The molecule has 0 aliphatic heterocycles. The predicted octanol–water partition coefficient (Wildman–Crippen LogP) is 1.56. The van der Waals surface area contributed by atoms with Gasteiger partial charge >= 0.3 is 0 Å². The van der Waals surface area contributed by atoms with E-state index in [0.29, 0.717) is 17.4 Å². The van der Waals surface area contributed by atoms with E-state index >= 15 is 0 Å². The number of aliphatic hydroxyl groups is 1. The largest absolute Gasteiger partial charge is 0.497 e. The van der Waals surface area contributed by atoms with Gasteiger partial charge in [-0.3, -0.25) is 14.3 Å². The number of rotatable bonds is 6. The SMILES string of the molecule is COc1ccc(Cn2nc(C(=O)NCC(C)O)c(=O)c3ccccc32)cc1. The molecule has 0 aliphatic rings. The highest BCUT2D eigenvalue weighted by atomic mass is 16.5. The zero-order valence-corrected chi connectivity index (χ0v) is 15.2. The minimum absolute atomic E-state index is 0.0469. The van der Waals surface area contributed by atoms with Crippen molar-refractivity contribution in [3.63, 3.8) is 0 Å². The summed E-state index contributed by atoms with van der Waals surface area (Å²) in [5, 5.41) is 16.6. The van der Waals surface area contributed by atoms with Gasteiger partial charge in [-0.15, -0.1) is 0 Å². The van der Waals surface area contributed by atoms with Gasteiger partial charge in [0, 0.05) is 11.9 Å². The third-order valence-corrected chi connectivity index (χ3v) is 4.13. The first-order valence-electron chi connectivity index (χ1n) is 8.58. The maximum absolute atomic E-state index is 12.7. The summed E-state index contributed by atoms with van der Waals surface area (Å²) in [5.41, 5.74) is 0.973. The fourth-order valence-electron chi connectivity index (χ4n) is 2.74. The first-order valence-corrected chi connectivity index (χ1v) is 8.58. The number of carbonyl (C=O) groups excluding carboxylic acids is 1. The number of fused-ring (bicyclic) bond motifs is 1. The summed E-state index contributed by atoms with van der Waals surface area (Å²) < 4.78 is 6.80. The summed E-state index contributed by atoms with van der Waals surface area (Å²) in [6, 6.07) is 14.5. The van der Waals surface area contributed by atoms with Crippen molar-refractivity contribution in [1.29, 1.82) is 0 Å². The van der Waals surface area contributed by atoms with Crippen LogP contribution in [0.25, 0.3) is 10.9 Å². The molecule has 7 nitrogen and oxygen atoms in total. The Kier molecular flexibility index (Phi) is 5.52. The van der Waals surface area contributed by atoms with Crippen LogP contribution in [0, 0.1) is 0 Å². The molecule has 1 unspecified atom stereocenters. The van der Waals surface area contributed by atoms with E-state index in [1.54, 1.807) is 36.9 Å². The number of ether oxygens (including phenoxy) is 1. The molecule has 1 atom stereocenters. The zero-order chi connectivity index (χ0) is 19.4. The Morgan fingerprint density at radius 2 is 1.93 bits per heavy atom. The Morgan fingerprint density at radius 1 is 1.22 bits per heavy atom. The lowest BCUT2D eigenvalue weighted by molar-refractivity contribution is 0.0916. The summed E-state index contributed by atoms with van der Waals surface area (Å²) >= 11 is 0. The average Bonchev–Trinajstić information content (AvgIpc) is 2.69.